The van der Waals surface area contributed by atoms with Gasteiger partial charge in [-0.3, -0.25) is 14.6 Å². The van der Waals surface area contributed by atoms with E-state index in [1.54, 1.807) is 12.1 Å². The van der Waals surface area contributed by atoms with Gasteiger partial charge in [-0.15, -0.1) is 0 Å². The van der Waals surface area contributed by atoms with E-state index in [2.05, 4.69) is 21.2 Å². The second-order valence-electron chi connectivity index (χ2n) is 8.22. The molecule has 3 heterocycles. The molecule has 0 aromatic heterocycles. The smallest absolute Gasteiger partial charge is 0.236 e. The molecule has 7 nitrogen and oxygen atoms in total. The zero-order valence-electron chi connectivity index (χ0n) is 16.9. The molecule has 3 unspecified atom stereocenters. The lowest BCUT2D eigenvalue weighted by atomic mass is 10.1. The van der Waals surface area contributed by atoms with Gasteiger partial charge in [-0.2, -0.15) is 5.26 Å². The number of carbonyl (C=O) groups is 1. The van der Waals surface area contributed by atoms with Crippen molar-refractivity contribution in [2.75, 3.05) is 39.4 Å². The number of nitrogens with zero attached hydrogens (tertiary/aromatic N) is 3. The Labute approximate surface area is 172 Å². The summed E-state index contributed by atoms with van der Waals surface area (Å²) in [4.78, 5) is 17.2. The summed E-state index contributed by atoms with van der Waals surface area (Å²) in [5.41, 5.74) is 0.644. The van der Waals surface area contributed by atoms with Crippen molar-refractivity contribution in [1.82, 2.24) is 15.1 Å². The zero-order chi connectivity index (χ0) is 20.1. The predicted octanol–water partition coefficient (Wildman–Crippen LogP) is 1.73. The fraction of sp³-hybridized carbons (Fsp3) is 0.636. The molecule has 3 fully saturated rings. The molecule has 3 aliphatic rings. The summed E-state index contributed by atoms with van der Waals surface area (Å²) in [6, 6.07) is 10.4. The van der Waals surface area contributed by atoms with Crippen molar-refractivity contribution in [3.8, 4) is 11.8 Å². The Bertz CT molecular complexity index is 713. The van der Waals surface area contributed by atoms with Crippen LogP contribution in [0.2, 0.25) is 0 Å². The van der Waals surface area contributed by atoms with Crippen LogP contribution >= 0.6 is 0 Å². The summed E-state index contributed by atoms with van der Waals surface area (Å²) in [5, 5.41) is 11.9. The van der Waals surface area contributed by atoms with Gasteiger partial charge in [0.25, 0.3) is 0 Å². The highest BCUT2D eigenvalue weighted by molar-refractivity contribution is 5.78. The maximum absolute atomic E-state index is 12.4. The highest BCUT2D eigenvalue weighted by Gasteiger charge is 2.40. The molecule has 156 valence electrons. The van der Waals surface area contributed by atoms with Crippen LogP contribution in [0.15, 0.2) is 24.3 Å². The quantitative estimate of drug-likeness (QED) is 0.754. The number of nitriles is 1. The molecule has 1 aromatic carbocycles. The van der Waals surface area contributed by atoms with Crippen molar-refractivity contribution in [3.05, 3.63) is 29.8 Å². The monoisotopic (exact) mass is 398 g/mol. The van der Waals surface area contributed by atoms with Gasteiger partial charge in [-0.05, 0) is 56.4 Å². The Morgan fingerprint density at radius 3 is 2.59 bits per heavy atom. The van der Waals surface area contributed by atoms with Crippen molar-refractivity contribution in [3.63, 3.8) is 0 Å². The molecule has 29 heavy (non-hydrogen) atoms. The fourth-order valence-corrected chi connectivity index (χ4v) is 4.75. The van der Waals surface area contributed by atoms with Crippen LogP contribution < -0.4 is 10.1 Å². The molecule has 3 atom stereocenters. The van der Waals surface area contributed by atoms with Crippen molar-refractivity contribution in [2.45, 2.75) is 50.4 Å². The summed E-state index contributed by atoms with van der Waals surface area (Å²) in [7, 11) is 0. The first-order valence-corrected chi connectivity index (χ1v) is 10.7. The number of likely N-dealkylation sites (tertiary alicyclic amines) is 1. The van der Waals surface area contributed by atoms with Crippen LogP contribution in [0, 0.1) is 11.3 Å². The summed E-state index contributed by atoms with van der Waals surface area (Å²) >= 11 is 0. The minimum Gasteiger partial charge on any atom is -0.492 e. The van der Waals surface area contributed by atoms with Crippen LogP contribution in [0.4, 0.5) is 0 Å². The highest BCUT2D eigenvalue weighted by atomic mass is 16.5. The normalized spacial score (nSPS) is 27.3. The van der Waals surface area contributed by atoms with Gasteiger partial charge in [0, 0.05) is 38.3 Å². The first-order valence-electron chi connectivity index (χ1n) is 10.7. The molecular weight excluding hydrogens is 368 g/mol. The summed E-state index contributed by atoms with van der Waals surface area (Å²) in [5.74, 6) is 0.880. The van der Waals surface area contributed by atoms with E-state index in [1.165, 1.54) is 12.8 Å². The molecule has 0 radical (unpaired) electrons. The molecule has 2 bridgehead atoms. The lowest BCUT2D eigenvalue weighted by Crippen LogP contribution is -2.56. The molecule has 3 aliphatic heterocycles. The third-order valence-corrected chi connectivity index (χ3v) is 6.18. The van der Waals surface area contributed by atoms with Gasteiger partial charge in [-0.25, -0.2) is 0 Å². The van der Waals surface area contributed by atoms with E-state index >= 15 is 0 Å². The van der Waals surface area contributed by atoms with Gasteiger partial charge in [0.1, 0.15) is 18.6 Å². The van der Waals surface area contributed by atoms with Gasteiger partial charge in [-0.1, -0.05) is 0 Å². The molecule has 4 rings (SSSR count). The summed E-state index contributed by atoms with van der Waals surface area (Å²) in [6.07, 6.45) is 5.40. The van der Waals surface area contributed by atoms with Crippen LogP contribution in [0.5, 0.6) is 5.75 Å². The number of amides is 1. The highest BCUT2D eigenvalue weighted by Crippen LogP contribution is 2.29. The van der Waals surface area contributed by atoms with Crippen LogP contribution in [0.3, 0.4) is 0 Å². The number of rotatable bonds is 7. The number of carbonyl (C=O) groups excluding carboxylic acids is 1. The van der Waals surface area contributed by atoms with Crippen molar-refractivity contribution in [1.29, 1.82) is 5.26 Å². The Kier molecular flexibility index (Phi) is 6.65. The molecule has 1 N–H and O–H groups in total. The predicted molar refractivity (Wildman–Crippen MR) is 108 cm³/mol. The number of piperazine rings is 1. The van der Waals surface area contributed by atoms with Crippen LogP contribution in [-0.4, -0.2) is 73.4 Å². The topological polar surface area (TPSA) is 77.8 Å². The minimum absolute atomic E-state index is 0.0777. The molecule has 1 amide bonds. The maximum Gasteiger partial charge on any atom is 0.236 e. The van der Waals surface area contributed by atoms with Crippen LogP contribution in [-0.2, 0) is 9.53 Å². The fourth-order valence-electron chi connectivity index (χ4n) is 4.75. The van der Waals surface area contributed by atoms with E-state index in [0.717, 1.165) is 51.3 Å². The molecule has 3 saturated heterocycles. The van der Waals surface area contributed by atoms with Gasteiger partial charge in [0.2, 0.25) is 5.91 Å². The van der Waals surface area contributed by atoms with E-state index in [4.69, 9.17) is 14.7 Å². The zero-order valence-corrected chi connectivity index (χ0v) is 16.9. The lowest BCUT2D eigenvalue weighted by molar-refractivity contribution is -0.128. The molecule has 7 heteroatoms. The SMILES string of the molecule is N#Cc1ccc(OCCN2C3CCC2CN(CC(=O)NC2CCCCO2)C3)cc1. The van der Waals surface area contributed by atoms with E-state index in [1.807, 2.05) is 12.1 Å². The van der Waals surface area contributed by atoms with Crippen molar-refractivity contribution >= 4 is 5.91 Å². The average Bonchev–Trinajstić information content (AvgIpc) is 2.97. The number of fused-ring (bicyclic) bond motifs is 2. The Balaban J connectivity index is 1.20. The summed E-state index contributed by atoms with van der Waals surface area (Å²) < 4.78 is 11.5. The third-order valence-electron chi connectivity index (χ3n) is 6.18. The standard InChI is InChI=1S/C22H30N4O3/c23-13-17-4-8-20(9-5-17)28-12-10-26-18-6-7-19(26)15-25(14-18)16-21(27)24-22-3-1-2-11-29-22/h4-5,8-9,18-19,22H,1-3,6-7,10-12,14-16H2,(H,24,27). The second-order valence-corrected chi connectivity index (χ2v) is 8.22. The van der Waals surface area contributed by atoms with Crippen molar-refractivity contribution in [2.24, 2.45) is 0 Å². The minimum atomic E-state index is -0.103. The lowest BCUT2D eigenvalue weighted by Gasteiger charge is -2.40. The van der Waals surface area contributed by atoms with Gasteiger partial charge >= 0.3 is 0 Å². The molecular formula is C22H30N4O3. The van der Waals surface area contributed by atoms with Crippen LogP contribution in [0.25, 0.3) is 0 Å². The Hall–Kier alpha value is -2.14. The van der Waals surface area contributed by atoms with Gasteiger partial charge < -0.3 is 14.8 Å². The number of hydrogen-bond donors (Lipinski definition) is 1. The summed E-state index contributed by atoms with van der Waals surface area (Å²) in [6.45, 7) is 4.61. The van der Waals surface area contributed by atoms with Gasteiger partial charge in [0.15, 0.2) is 0 Å². The molecule has 1 aromatic rings. The average molecular weight is 399 g/mol. The van der Waals surface area contributed by atoms with Gasteiger partial charge in [0.05, 0.1) is 18.2 Å². The number of hydrogen-bond acceptors (Lipinski definition) is 6. The first-order chi connectivity index (χ1) is 14.2. The van der Waals surface area contributed by atoms with Crippen LogP contribution in [0.1, 0.15) is 37.7 Å². The van der Waals surface area contributed by atoms with E-state index < -0.39 is 0 Å². The second kappa shape index (κ2) is 9.57. The maximum atomic E-state index is 12.4. The number of nitrogens with one attached hydrogen (secondary N) is 1. The Morgan fingerprint density at radius 1 is 1.17 bits per heavy atom. The number of benzene rings is 1. The molecule has 0 saturated carbocycles. The Morgan fingerprint density at radius 2 is 1.93 bits per heavy atom. The molecule has 0 spiro atoms. The molecule has 0 aliphatic carbocycles. The number of ether oxygens (including phenoxy) is 2. The van der Waals surface area contributed by atoms with Crippen molar-refractivity contribution < 1.29 is 14.3 Å². The largest absolute Gasteiger partial charge is 0.492 e. The van der Waals surface area contributed by atoms with E-state index in [9.17, 15) is 4.79 Å². The van der Waals surface area contributed by atoms with E-state index in [0.29, 0.717) is 30.8 Å². The third kappa shape index (κ3) is 5.27. The first kappa shape index (κ1) is 20.1. The van der Waals surface area contributed by atoms with E-state index in [-0.39, 0.29) is 12.1 Å².